The molecule has 2 heterocycles. The summed E-state index contributed by atoms with van der Waals surface area (Å²) in [6, 6.07) is 9.07. The molecule has 0 N–H and O–H groups in total. The van der Waals surface area contributed by atoms with Gasteiger partial charge in [-0.15, -0.1) is 0 Å². The van der Waals surface area contributed by atoms with E-state index < -0.39 is 0 Å². The smallest absolute Gasteiger partial charge is 0.261 e. The molecule has 7 heteroatoms. The molecule has 28 heavy (non-hydrogen) atoms. The van der Waals surface area contributed by atoms with Crippen molar-refractivity contribution in [3.05, 3.63) is 57.1 Å². The van der Waals surface area contributed by atoms with Crippen LogP contribution >= 0.6 is 34.5 Å². The molecular weight excluding hydrogens is 415 g/mol. The minimum atomic E-state index is -0.211. The van der Waals surface area contributed by atoms with Gasteiger partial charge in [-0.2, -0.15) is 0 Å². The van der Waals surface area contributed by atoms with Gasteiger partial charge in [-0.05, 0) is 56.0 Å². The molecule has 1 aromatic heterocycles. The molecule has 1 amide bonds. The van der Waals surface area contributed by atoms with Crippen molar-refractivity contribution < 1.29 is 9.53 Å². The molecule has 3 aromatic rings. The first kappa shape index (κ1) is 19.6. The third-order valence-electron chi connectivity index (χ3n) is 4.98. The zero-order valence-corrected chi connectivity index (χ0v) is 18.0. The summed E-state index contributed by atoms with van der Waals surface area (Å²) < 4.78 is 6.89. The van der Waals surface area contributed by atoms with Crippen molar-refractivity contribution in [3.63, 3.8) is 0 Å². The fourth-order valence-corrected chi connectivity index (χ4v) is 4.90. The lowest BCUT2D eigenvalue weighted by molar-refractivity contribution is 0.0917. The van der Waals surface area contributed by atoms with Gasteiger partial charge >= 0.3 is 0 Å². The second-order valence-corrected chi connectivity index (χ2v) is 8.87. The fraction of sp³-hybridized carbons (Fsp3) is 0.333. The van der Waals surface area contributed by atoms with Crippen LogP contribution in [0.15, 0.2) is 30.3 Å². The third-order valence-corrected chi connectivity index (χ3v) is 6.75. The molecule has 2 aromatic carbocycles. The first-order chi connectivity index (χ1) is 13.4. The largest absolute Gasteiger partial charge is 0.376 e. The van der Waals surface area contributed by atoms with Gasteiger partial charge in [-0.1, -0.05) is 46.7 Å². The Morgan fingerprint density at radius 3 is 2.75 bits per heavy atom. The van der Waals surface area contributed by atoms with Crippen molar-refractivity contribution in [2.45, 2.75) is 32.8 Å². The number of rotatable bonds is 4. The molecule has 1 aliphatic rings. The lowest BCUT2D eigenvalue weighted by atomic mass is 10.1. The monoisotopic (exact) mass is 434 g/mol. The summed E-state index contributed by atoms with van der Waals surface area (Å²) in [6.07, 6.45) is 1.93. The van der Waals surface area contributed by atoms with Crippen LogP contribution in [0.4, 0.5) is 5.13 Å². The zero-order chi connectivity index (χ0) is 19.8. The van der Waals surface area contributed by atoms with Crippen LogP contribution in [0.25, 0.3) is 10.2 Å². The Bertz CT molecular complexity index is 1010. The van der Waals surface area contributed by atoms with Crippen molar-refractivity contribution >= 4 is 55.8 Å². The van der Waals surface area contributed by atoms with E-state index >= 15 is 0 Å². The van der Waals surface area contributed by atoms with Gasteiger partial charge < -0.3 is 4.74 Å². The minimum Gasteiger partial charge on any atom is -0.376 e. The maximum atomic E-state index is 13.4. The number of nitrogens with zero attached hydrogens (tertiary/aromatic N) is 2. The highest BCUT2D eigenvalue weighted by Crippen LogP contribution is 2.35. The van der Waals surface area contributed by atoms with E-state index in [4.69, 9.17) is 32.9 Å². The van der Waals surface area contributed by atoms with E-state index in [0.29, 0.717) is 27.3 Å². The number of ether oxygens (including phenoxy) is 1. The van der Waals surface area contributed by atoms with Gasteiger partial charge in [0, 0.05) is 11.6 Å². The molecule has 0 bridgehead atoms. The lowest BCUT2D eigenvalue weighted by Gasteiger charge is -2.23. The number of amides is 1. The number of hydrogen-bond acceptors (Lipinski definition) is 4. The van der Waals surface area contributed by atoms with Crippen LogP contribution in [0, 0.1) is 13.8 Å². The Kier molecular flexibility index (Phi) is 5.61. The fourth-order valence-electron chi connectivity index (χ4n) is 3.41. The Hall–Kier alpha value is -1.66. The molecule has 0 aliphatic carbocycles. The molecule has 1 unspecified atom stereocenters. The summed E-state index contributed by atoms with van der Waals surface area (Å²) in [6.45, 7) is 5.26. The molecule has 1 fully saturated rings. The Balaban J connectivity index is 1.79. The standard InChI is InChI=1S/C21H20Cl2N2O2S/c1-12-5-6-13(2)19-18(12)24-21(28-19)25(11-15-4-3-9-27-15)20(26)16-10-14(22)7-8-17(16)23/h5-8,10,15H,3-4,9,11H2,1-2H3. The highest BCUT2D eigenvalue weighted by molar-refractivity contribution is 7.22. The van der Waals surface area contributed by atoms with Gasteiger partial charge in [-0.25, -0.2) is 4.98 Å². The van der Waals surface area contributed by atoms with Crippen molar-refractivity contribution in [1.82, 2.24) is 4.98 Å². The first-order valence-electron chi connectivity index (χ1n) is 9.19. The molecule has 1 saturated heterocycles. The summed E-state index contributed by atoms with van der Waals surface area (Å²) in [5.41, 5.74) is 3.55. The summed E-state index contributed by atoms with van der Waals surface area (Å²) in [4.78, 5) is 19.9. The van der Waals surface area contributed by atoms with E-state index in [1.165, 1.54) is 11.3 Å². The summed E-state index contributed by atoms with van der Waals surface area (Å²) >= 11 is 14.0. The third kappa shape index (κ3) is 3.77. The van der Waals surface area contributed by atoms with Crippen LogP contribution < -0.4 is 4.90 Å². The molecule has 0 spiro atoms. The average Bonchev–Trinajstić information content (AvgIpc) is 3.34. The quantitative estimate of drug-likeness (QED) is 0.501. The molecular formula is C21H20Cl2N2O2S. The summed E-state index contributed by atoms with van der Waals surface area (Å²) in [5.74, 6) is -0.211. The van der Waals surface area contributed by atoms with Crippen LogP contribution in [0.5, 0.6) is 0 Å². The molecule has 0 saturated carbocycles. The number of benzene rings is 2. The van der Waals surface area contributed by atoms with E-state index in [2.05, 4.69) is 19.1 Å². The van der Waals surface area contributed by atoms with E-state index in [9.17, 15) is 4.79 Å². The lowest BCUT2D eigenvalue weighted by Crippen LogP contribution is -2.37. The van der Waals surface area contributed by atoms with Crippen LogP contribution in [-0.2, 0) is 4.74 Å². The average molecular weight is 435 g/mol. The summed E-state index contributed by atoms with van der Waals surface area (Å²) in [5, 5.41) is 1.50. The second kappa shape index (κ2) is 7.99. The van der Waals surface area contributed by atoms with Gasteiger partial charge in [0.25, 0.3) is 5.91 Å². The maximum absolute atomic E-state index is 13.4. The van der Waals surface area contributed by atoms with Gasteiger partial charge in [0.05, 0.1) is 33.5 Å². The van der Waals surface area contributed by atoms with E-state index in [0.717, 1.165) is 40.8 Å². The molecule has 1 atom stereocenters. The molecule has 146 valence electrons. The Morgan fingerprint density at radius 1 is 1.25 bits per heavy atom. The number of aryl methyl sites for hydroxylation is 2. The molecule has 0 radical (unpaired) electrons. The van der Waals surface area contributed by atoms with Gasteiger partial charge in [0.1, 0.15) is 0 Å². The molecule has 1 aliphatic heterocycles. The van der Waals surface area contributed by atoms with Gasteiger partial charge in [-0.3, -0.25) is 9.69 Å². The SMILES string of the molecule is Cc1ccc(C)c2sc(N(CC3CCCO3)C(=O)c3cc(Cl)ccc3Cl)nc12. The van der Waals surface area contributed by atoms with Gasteiger partial charge in [0.15, 0.2) is 5.13 Å². The van der Waals surface area contributed by atoms with Crippen molar-refractivity contribution in [2.75, 3.05) is 18.1 Å². The summed E-state index contributed by atoms with van der Waals surface area (Å²) in [7, 11) is 0. The van der Waals surface area contributed by atoms with Crippen LogP contribution in [0.2, 0.25) is 10.0 Å². The van der Waals surface area contributed by atoms with E-state index in [1.54, 1.807) is 23.1 Å². The number of carbonyl (C=O) groups is 1. The van der Waals surface area contributed by atoms with Crippen molar-refractivity contribution in [1.29, 1.82) is 0 Å². The highest BCUT2D eigenvalue weighted by Gasteiger charge is 2.28. The molecule has 4 rings (SSSR count). The minimum absolute atomic E-state index is 0.00360. The topological polar surface area (TPSA) is 42.4 Å². The number of carbonyl (C=O) groups excluding carboxylic acids is 1. The number of hydrogen-bond donors (Lipinski definition) is 0. The predicted octanol–water partition coefficient (Wildman–Crippen LogP) is 6.05. The van der Waals surface area contributed by atoms with Crippen LogP contribution in [0.1, 0.15) is 34.3 Å². The zero-order valence-electron chi connectivity index (χ0n) is 15.7. The van der Waals surface area contributed by atoms with Gasteiger partial charge in [0.2, 0.25) is 0 Å². The predicted molar refractivity (Wildman–Crippen MR) is 116 cm³/mol. The first-order valence-corrected chi connectivity index (χ1v) is 10.8. The molecule has 4 nitrogen and oxygen atoms in total. The van der Waals surface area contributed by atoms with E-state index in [1.807, 2.05) is 6.92 Å². The Labute approximate surface area is 178 Å². The maximum Gasteiger partial charge on any atom is 0.261 e. The highest BCUT2D eigenvalue weighted by atomic mass is 35.5. The number of fused-ring (bicyclic) bond motifs is 1. The number of aromatic nitrogens is 1. The number of anilines is 1. The second-order valence-electron chi connectivity index (χ2n) is 7.05. The van der Waals surface area contributed by atoms with Crippen molar-refractivity contribution in [2.24, 2.45) is 0 Å². The van der Waals surface area contributed by atoms with Crippen LogP contribution in [0.3, 0.4) is 0 Å². The van der Waals surface area contributed by atoms with Crippen molar-refractivity contribution in [3.8, 4) is 0 Å². The normalized spacial score (nSPS) is 16.6. The van der Waals surface area contributed by atoms with Crippen LogP contribution in [-0.4, -0.2) is 30.1 Å². The Morgan fingerprint density at radius 2 is 2.04 bits per heavy atom. The number of halogens is 2. The number of thiazole rings is 1. The van der Waals surface area contributed by atoms with E-state index in [-0.39, 0.29) is 12.0 Å².